The zero-order valence-electron chi connectivity index (χ0n) is 14.9. The van der Waals surface area contributed by atoms with Crippen LogP contribution in [0.4, 0.5) is 9.93 Å². The van der Waals surface area contributed by atoms with Crippen molar-refractivity contribution >= 4 is 32.3 Å². The lowest BCUT2D eigenvalue weighted by atomic mass is 10.2. The number of thiazole rings is 1. The number of aromatic nitrogens is 2. The number of hydrogen-bond donors (Lipinski definition) is 2. The lowest BCUT2D eigenvalue weighted by molar-refractivity contribution is 0.251. The van der Waals surface area contributed by atoms with Crippen LogP contribution >= 0.6 is 11.3 Å². The van der Waals surface area contributed by atoms with Crippen LogP contribution in [-0.4, -0.2) is 30.8 Å². The van der Waals surface area contributed by atoms with Gasteiger partial charge in [0, 0.05) is 12.3 Å². The molecule has 3 aromatic rings. The molecular weight excluding hydrogens is 388 g/mol. The van der Waals surface area contributed by atoms with Crippen LogP contribution in [0.1, 0.15) is 17.1 Å². The Morgan fingerprint density at radius 2 is 1.93 bits per heavy atom. The van der Waals surface area contributed by atoms with Gasteiger partial charge >= 0.3 is 6.03 Å². The third-order valence-corrected chi connectivity index (χ3v) is 5.92. The molecular formula is C17H18N4O4S2. The number of carbonyl (C=O) groups excluding carboxylic acids is 1. The average molecular weight is 406 g/mol. The van der Waals surface area contributed by atoms with Crippen molar-refractivity contribution in [1.29, 1.82) is 0 Å². The van der Waals surface area contributed by atoms with Crippen molar-refractivity contribution in [3.05, 3.63) is 47.5 Å². The summed E-state index contributed by atoms with van der Waals surface area (Å²) < 4.78 is 28.1. The zero-order valence-corrected chi connectivity index (χ0v) is 16.6. The molecule has 142 valence electrons. The lowest BCUT2D eigenvalue weighted by Gasteiger charge is -2.02. The molecule has 3 rings (SSSR count). The monoisotopic (exact) mass is 406 g/mol. The van der Waals surface area contributed by atoms with Gasteiger partial charge in [-0.15, -0.1) is 0 Å². The maximum Gasteiger partial charge on any atom is 0.321 e. The van der Waals surface area contributed by atoms with Crippen molar-refractivity contribution in [1.82, 2.24) is 15.5 Å². The van der Waals surface area contributed by atoms with E-state index in [9.17, 15) is 13.2 Å². The minimum absolute atomic E-state index is 0.243. The largest absolute Gasteiger partial charge is 0.361 e. The van der Waals surface area contributed by atoms with Gasteiger partial charge in [-0.3, -0.25) is 5.32 Å². The van der Waals surface area contributed by atoms with E-state index in [0.717, 1.165) is 16.1 Å². The third-order valence-electron chi connectivity index (χ3n) is 3.67. The summed E-state index contributed by atoms with van der Waals surface area (Å²) in [6, 6.07) is 7.92. The summed E-state index contributed by atoms with van der Waals surface area (Å²) in [5.74, 6) is 0.675. The van der Waals surface area contributed by atoms with E-state index >= 15 is 0 Å². The Morgan fingerprint density at radius 1 is 1.22 bits per heavy atom. The topological polar surface area (TPSA) is 114 Å². The molecule has 1 aromatic carbocycles. The van der Waals surface area contributed by atoms with E-state index in [4.69, 9.17) is 4.52 Å². The highest BCUT2D eigenvalue weighted by atomic mass is 32.2. The Balaban J connectivity index is 1.67. The van der Waals surface area contributed by atoms with Crippen molar-refractivity contribution in [2.24, 2.45) is 0 Å². The Morgan fingerprint density at radius 3 is 2.52 bits per heavy atom. The minimum Gasteiger partial charge on any atom is -0.361 e. The highest BCUT2D eigenvalue weighted by molar-refractivity contribution is 7.90. The molecule has 0 atom stereocenters. The van der Waals surface area contributed by atoms with Crippen LogP contribution in [0, 0.1) is 13.8 Å². The fourth-order valence-electron chi connectivity index (χ4n) is 2.38. The lowest BCUT2D eigenvalue weighted by Crippen LogP contribution is -2.28. The van der Waals surface area contributed by atoms with Gasteiger partial charge < -0.3 is 9.84 Å². The molecule has 0 aliphatic carbocycles. The van der Waals surface area contributed by atoms with Crippen molar-refractivity contribution in [3.8, 4) is 10.4 Å². The minimum atomic E-state index is -3.24. The first kappa shape index (κ1) is 19.1. The van der Waals surface area contributed by atoms with Crippen LogP contribution in [0.3, 0.4) is 0 Å². The van der Waals surface area contributed by atoms with E-state index in [1.54, 1.807) is 37.3 Å². The van der Waals surface area contributed by atoms with E-state index < -0.39 is 15.9 Å². The van der Waals surface area contributed by atoms with E-state index in [2.05, 4.69) is 20.8 Å². The molecule has 0 aliphatic heterocycles. The molecule has 2 aromatic heterocycles. The van der Waals surface area contributed by atoms with Crippen LogP contribution in [0.25, 0.3) is 10.4 Å². The van der Waals surface area contributed by atoms with Crippen molar-refractivity contribution < 1.29 is 17.7 Å². The van der Waals surface area contributed by atoms with Crippen LogP contribution in [0.5, 0.6) is 0 Å². The van der Waals surface area contributed by atoms with E-state index in [0.29, 0.717) is 16.6 Å². The second-order valence-electron chi connectivity index (χ2n) is 5.97. The Labute approximate surface area is 160 Å². The maximum absolute atomic E-state index is 12.0. The second-order valence-corrected chi connectivity index (χ2v) is 8.98. The quantitative estimate of drug-likeness (QED) is 0.673. The average Bonchev–Trinajstić information content (AvgIpc) is 3.18. The molecule has 0 bridgehead atoms. The van der Waals surface area contributed by atoms with E-state index in [-0.39, 0.29) is 11.4 Å². The van der Waals surface area contributed by atoms with Crippen molar-refractivity contribution in [2.75, 3.05) is 11.6 Å². The number of carbonyl (C=O) groups is 1. The normalized spacial score (nSPS) is 11.4. The fourth-order valence-corrected chi connectivity index (χ4v) is 3.98. The molecule has 2 heterocycles. The number of urea groups is 1. The van der Waals surface area contributed by atoms with Gasteiger partial charge in [0.2, 0.25) is 0 Å². The summed E-state index contributed by atoms with van der Waals surface area (Å²) in [6.45, 7) is 3.85. The number of anilines is 1. The number of nitrogens with one attached hydrogen (secondary N) is 2. The van der Waals surface area contributed by atoms with Crippen LogP contribution in [-0.2, 0) is 16.4 Å². The molecule has 0 radical (unpaired) electrons. The van der Waals surface area contributed by atoms with Gasteiger partial charge in [-0.1, -0.05) is 28.6 Å². The van der Waals surface area contributed by atoms with Crippen molar-refractivity contribution in [2.45, 2.75) is 25.3 Å². The van der Waals surface area contributed by atoms with Gasteiger partial charge in [0.25, 0.3) is 0 Å². The van der Waals surface area contributed by atoms with Gasteiger partial charge in [-0.2, -0.15) is 0 Å². The van der Waals surface area contributed by atoms with Crippen LogP contribution in [0.15, 0.2) is 39.8 Å². The molecule has 2 N–H and O–H groups in total. The molecule has 2 amide bonds. The summed E-state index contributed by atoms with van der Waals surface area (Å²) in [4.78, 5) is 17.5. The smallest absolute Gasteiger partial charge is 0.321 e. The number of amides is 2. The summed E-state index contributed by atoms with van der Waals surface area (Å²) in [5.41, 5.74) is 2.21. The number of benzene rings is 1. The first-order chi connectivity index (χ1) is 12.7. The molecule has 0 aliphatic rings. The zero-order chi connectivity index (χ0) is 19.6. The fraction of sp³-hybridized carbons (Fsp3) is 0.235. The highest BCUT2D eigenvalue weighted by Crippen LogP contribution is 2.33. The van der Waals surface area contributed by atoms with Crippen LogP contribution in [0.2, 0.25) is 0 Å². The number of hydrogen-bond acceptors (Lipinski definition) is 7. The number of rotatable bonds is 5. The van der Waals surface area contributed by atoms with Gasteiger partial charge in [0.05, 0.1) is 22.0 Å². The van der Waals surface area contributed by atoms with Gasteiger partial charge in [0.15, 0.2) is 15.0 Å². The third kappa shape index (κ3) is 4.72. The Kier molecular flexibility index (Phi) is 5.29. The van der Waals surface area contributed by atoms with Crippen molar-refractivity contribution in [3.63, 3.8) is 0 Å². The molecule has 27 heavy (non-hydrogen) atoms. The maximum atomic E-state index is 12.0. The molecule has 0 saturated carbocycles. The van der Waals surface area contributed by atoms with Gasteiger partial charge in [-0.25, -0.2) is 18.2 Å². The molecule has 0 spiro atoms. The van der Waals surface area contributed by atoms with Crippen LogP contribution < -0.4 is 10.6 Å². The molecule has 0 fully saturated rings. The Hall–Kier alpha value is -2.72. The highest BCUT2D eigenvalue weighted by Gasteiger charge is 2.14. The predicted molar refractivity (Wildman–Crippen MR) is 102 cm³/mol. The number of sulfone groups is 1. The molecule has 0 unspecified atom stereocenters. The number of aryl methyl sites for hydroxylation is 2. The van der Waals surface area contributed by atoms with E-state index in [1.165, 1.54) is 17.6 Å². The second kappa shape index (κ2) is 7.49. The summed E-state index contributed by atoms with van der Waals surface area (Å²) in [5, 5.41) is 9.62. The summed E-state index contributed by atoms with van der Waals surface area (Å²) >= 11 is 1.31. The van der Waals surface area contributed by atoms with E-state index in [1.807, 2.05) is 6.92 Å². The predicted octanol–water partition coefficient (Wildman–Crippen LogP) is 3.14. The number of nitrogens with zero attached hydrogens (tertiary/aromatic N) is 2. The SMILES string of the molecule is Cc1cc(CNC(=O)Nc2nc(C)c(-c3ccc(S(C)(=O)=O)cc3)s2)no1. The molecule has 10 heteroatoms. The van der Waals surface area contributed by atoms with Gasteiger partial charge in [-0.05, 0) is 31.5 Å². The standard InChI is InChI=1S/C17H18N4O4S2/c1-10-8-13(21-25-10)9-18-16(22)20-17-19-11(2)15(26-17)12-4-6-14(7-5-12)27(3,23)24/h4-8H,9H2,1-3H3,(H2,18,19,20,22). The Bertz CT molecular complexity index is 1070. The first-order valence-corrected chi connectivity index (χ1v) is 10.7. The first-order valence-electron chi connectivity index (χ1n) is 7.97. The summed E-state index contributed by atoms with van der Waals surface area (Å²) in [7, 11) is -3.24. The summed E-state index contributed by atoms with van der Waals surface area (Å²) in [6.07, 6.45) is 1.17. The van der Waals surface area contributed by atoms with Gasteiger partial charge in [0.1, 0.15) is 11.5 Å². The molecule has 0 saturated heterocycles. The molecule has 8 nitrogen and oxygen atoms in total.